The maximum Gasteiger partial charge on any atom is 0.228 e. The van der Waals surface area contributed by atoms with Gasteiger partial charge in [0.1, 0.15) is 0 Å². The van der Waals surface area contributed by atoms with Crippen LogP contribution in [0.25, 0.3) is 0 Å². The molecule has 0 aromatic carbocycles. The van der Waals surface area contributed by atoms with Gasteiger partial charge in [-0.05, 0) is 45.2 Å². The van der Waals surface area contributed by atoms with Crippen LogP contribution in [0.2, 0.25) is 0 Å². The highest BCUT2D eigenvalue weighted by molar-refractivity contribution is 5.82. The predicted octanol–water partition coefficient (Wildman–Crippen LogP) is 2.02. The van der Waals surface area contributed by atoms with Crippen molar-refractivity contribution in [2.75, 3.05) is 26.7 Å². The lowest BCUT2D eigenvalue weighted by atomic mass is 9.85. The summed E-state index contributed by atoms with van der Waals surface area (Å²) < 4.78 is 0. The molecule has 3 nitrogen and oxygen atoms in total. The van der Waals surface area contributed by atoms with Crippen LogP contribution in [0.3, 0.4) is 0 Å². The molecule has 1 saturated carbocycles. The van der Waals surface area contributed by atoms with Gasteiger partial charge in [0.2, 0.25) is 5.91 Å². The summed E-state index contributed by atoms with van der Waals surface area (Å²) >= 11 is 0. The molecule has 2 fully saturated rings. The van der Waals surface area contributed by atoms with Gasteiger partial charge in [0.05, 0.1) is 0 Å². The normalized spacial score (nSPS) is 25.2. The van der Waals surface area contributed by atoms with E-state index in [9.17, 15) is 4.79 Å². The van der Waals surface area contributed by atoms with Crippen LogP contribution < -0.4 is 5.32 Å². The highest BCUT2D eigenvalue weighted by atomic mass is 16.2. The molecule has 0 spiro atoms. The number of piperidine rings is 1. The van der Waals surface area contributed by atoms with Gasteiger partial charge in [0.15, 0.2) is 0 Å². The third kappa shape index (κ3) is 2.82. The average Bonchev–Trinajstić information content (AvgIpc) is 2.78. The molecule has 0 bridgehead atoms. The van der Waals surface area contributed by atoms with Crippen molar-refractivity contribution in [1.82, 2.24) is 10.2 Å². The zero-order chi connectivity index (χ0) is 12.3. The van der Waals surface area contributed by atoms with Crippen LogP contribution in [-0.2, 0) is 4.79 Å². The smallest absolute Gasteiger partial charge is 0.228 e. The van der Waals surface area contributed by atoms with Crippen molar-refractivity contribution in [2.24, 2.45) is 11.3 Å². The number of likely N-dealkylation sites (tertiary alicyclic amines) is 1. The molecule has 0 aromatic heterocycles. The van der Waals surface area contributed by atoms with E-state index < -0.39 is 0 Å². The molecule has 2 rings (SSSR count). The quantitative estimate of drug-likeness (QED) is 0.816. The molecule has 17 heavy (non-hydrogen) atoms. The number of nitrogens with zero attached hydrogens (tertiary/aromatic N) is 1. The minimum absolute atomic E-state index is 0.0319. The molecule has 1 aliphatic carbocycles. The standard InChI is InChI=1S/C14H26N2O/c1-14(7-3-4-8-14)13(17)16-9-5-12(6-10-16)11-15-2/h12,15H,3-11H2,1-2H3. The maximum absolute atomic E-state index is 12.5. The predicted molar refractivity (Wildman–Crippen MR) is 69.8 cm³/mol. The molecule has 0 aromatic rings. The number of amides is 1. The second-order valence-electron chi connectivity index (χ2n) is 6.06. The Morgan fingerprint density at radius 3 is 2.41 bits per heavy atom. The molecule has 1 N–H and O–H groups in total. The highest BCUT2D eigenvalue weighted by Crippen LogP contribution is 2.39. The monoisotopic (exact) mass is 238 g/mol. The fraction of sp³-hybridized carbons (Fsp3) is 0.929. The van der Waals surface area contributed by atoms with E-state index in [1.54, 1.807) is 0 Å². The van der Waals surface area contributed by atoms with Gasteiger partial charge in [-0.25, -0.2) is 0 Å². The van der Waals surface area contributed by atoms with Gasteiger partial charge in [-0.15, -0.1) is 0 Å². The first kappa shape index (κ1) is 12.9. The fourth-order valence-corrected chi connectivity index (χ4v) is 3.38. The summed E-state index contributed by atoms with van der Waals surface area (Å²) in [4.78, 5) is 14.6. The van der Waals surface area contributed by atoms with Crippen molar-refractivity contribution in [3.63, 3.8) is 0 Å². The van der Waals surface area contributed by atoms with E-state index in [1.165, 1.54) is 25.7 Å². The lowest BCUT2D eigenvalue weighted by Gasteiger charge is -2.37. The van der Waals surface area contributed by atoms with Crippen LogP contribution in [0.5, 0.6) is 0 Å². The van der Waals surface area contributed by atoms with Gasteiger partial charge < -0.3 is 10.2 Å². The third-order valence-corrected chi connectivity index (χ3v) is 4.62. The van der Waals surface area contributed by atoms with Crippen molar-refractivity contribution >= 4 is 5.91 Å². The molecule has 0 radical (unpaired) electrons. The summed E-state index contributed by atoms with van der Waals surface area (Å²) in [6.07, 6.45) is 7.01. The molecular weight excluding hydrogens is 212 g/mol. The lowest BCUT2D eigenvalue weighted by molar-refractivity contribution is -0.142. The van der Waals surface area contributed by atoms with Gasteiger partial charge in [-0.1, -0.05) is 19.8 Å². The molecule has 2 aliphatic rings. The van der Waals surface area contributed by atoms with Crippen molar-refractivity contribution in [2.45, 2.75) is 45.4 Å². The van der Waals surface area contributed by atoms with Crippen LogP contribution in [0.1, 0.15) is 45.4 Å². The largest absolute Gasteiger partial charge is 0.342 e. The van der Waals surface area contributed by atoms with E-state index in [1.807, 2.05) is 7.05 Å². The third-order valence-electron chi connectivity index (χ3n) is 4.62. The van der Waals surface area contributed by atoms with E-state index in [-0.39, 0.29) is 5.41 Å². The SMILES string of the molecule is CNCC1CCN(C(=O)C2(C)CCCC2)CC1. The first-order valence-electron chi connectivity index (χ1n) is 7.10. The first-order valence-corrected chi connectivity index (χ1v) is 7.10. The molecule has 3 heteroatoms. The van der Waals surface area contributed by atoms with Crippen LogP contribution >= 0.6 is 0 Å². The number of carbonyl (C=O) groups is 1. The van der Waals surface area contributed by atoms with Gasteiger partial charge in [-0.3, -0.25) is 4.79 Å². The van der Waals surface area contributed by atoms with Crippen LogP contribution in [0.15, 0.2) is 0 Å². The Balaban J connectivity index is 1.86. The summed E-state index contributed by atoms with van der Waals surface area (Å²) in [5, 5.41) is 3.24. The average molecular weight is 238 g/mol. The molecule has 1 amide bonds. The van der Waals surface area contributed by atoms with E-state index in [4.69, 9.17) is 0 Å². The minimum Gasteiger partial charge on any atom is -0.342 e. The zero-order valence-corrected chi connectivity index (χ0v) is 11.3. The Bertz CT molecular complexity index is 263. The molecule has 0 unspecified atom stereocenters. The summed E-state index contributed by atoms with van der Waals surface area (Å²) in [5.74, 6) is 1.19. The molecular formula is C14H26N2O. The van der Waals surface area contributed by atoms with Crippen molar-refractivity contribution in [1.29, 1.82) is 0 Å². The second-order valence-corrected chi connectivity index (χ2v) is 6.06. The van der Waals surface area contributed by atoms with E-state index in [0.717, 1.165) is 38.4 Å². The van der Waals surface area contributed by atoms with Crippen LogP contribution in [0, 0.1) is 11.3 Å². The fourth-order valence-electron chi connectivity index (χ4n) is 3.38. The van der Waals surface area contributed by atoms with E-state index in [0.29, 0.717) is 5.91 Å². The summed E-state index contributed by atoms with van der Waals surface area (Å²) in [7, 11) is 2.01. The van der Waals surface area contributed by atoms with E-state index >= 15 is 0 Å². The van der Waals surface area contributed by atoms with Crippen LogP contribution in [-0.4, -0.2) is 37.5 Å². The Hall–Kier alpha value is -0.570. The number of nitrogens with one attached hydrogen (secondary N) is 1. The summed E-state index contributed by atoms with van der Waals surface area (Å²) in [6.45, 7) is 5.21. The van der Waals surface area contributed by atoms with Gasteiger partial charge in [-0.2, -0.15) is 0 Å². The van der Waals surface area contributed by atoms with Crippen molar-refractivity contribution in [3.8, 4) is 0 Å². The Kier molecular flexibility index (Phi) is 4.08. The van der Waals surface area contributed by atoms with E-state index in [2.05, 4.69) is 17.1 Å². The number of carbonyl (C=O) groups excluding carboxylic acids is 1. The Morgan fingerprint density at radius 2 is 1.88 bits per heavy atom. The number of hydrogen-bond acceptors (Lipinski definition) is 2. The number of rotatable bonds is 3. The zero-order valence-electron chi connectivity index (χ0n) is 11.3. The summed E-state index contributed by atoms with van der Waals surface area (Å²) in [5.41, 5.74) is -0.0319. The molecule has 98 valence electrons. The van der Waals surface area contributed by atoms with Crippen molar-refractivity contribution < 1.29 is 4.79 Å². The molecule has 1 saturated heterocycles. The summed E-state index contributed by atoms with van der Waals surface area (Å²) in [6, 6.07) is 0. The first-order chi connectivity index (χ1) is 8.15. The highest BCUT2D eigenvalue weighted by Gasteiger charge is 2.39. The van der Waals surface area contributed by atoms with Gasteiger partial charge in [0, 0.05) is 18.5 Å². The topological polar surface area (TPSA) is 32.3 Å². The molecule has 1 heterocycles. The molecule has 1 aliphatic heterocycles. The van der Waals surface area contributed by atoms with Crippen LogP contribution in [0.4, 0.5) is 0 Å². The maximum atomic E-state index is 12.5. The second kappa shape index (κ2) is 5.38. The Labute approximate surface area is 105 Å². The van der Waals surface area contributed by atoms with Gasteiger partial charge >= 0.3 is 0 Å². The molecule has 0 atom stereocenters. The Morgan fingerprint density at radius 1 is 1.29 bits per heavy atom. The van der Waals surface area contributed by atoms with Crippen molar-refractivity contribution in [3.05, 3.63) is 0 Å². The lowest BCUT2D eigenvalue weighted by Crippen LogP contribution is -2.46. The number of hydrogen-bond donors (Lipinski definition) is 1. The van der Waals surface area contributed by atoms with Gasteiger partial charge in [0.25, 0.3) is 0 Å². The minimum atomic E-state index is -0.0319.